The van der Waals surface area contributed by atoms with E-state index in [1.807, 2.05) is 0 Å². The number of nitrogens with one attached hydrogen (secondary N) is 5. The summed E-state index contributed by atoms with van der Waals surface area (Å²) >= 11 is 0. The van der Waals surface area contributed by atoms with Crippen molar-refractivity contribution in [2.45, 2.75) is 173 Å². The molecule has 29 nitrogen and oxygen atoms in total. The Labute approximate surface area is 548 Å². The van der Waals surface area contributed by atoms with E-state index < -0.39 is 179 Å². The zero-order valence-electron chi connectivity index (χ0n) is 54.7. The molecule has 3 aliphatic carbocycles. The summed E-state index contributed by atoms with van der Waals surface area (Å²) < 4.78 is 51.6. The number of methoxy groups -OCH3 is 1. The van der Waals surface area contributed by atoms with Gasteiger partial charge in [-0.15, -0.1) is 0 Å². The van der Waals surface area contributed by atoms with E-state index >= 15 is 9.59 Å². The van der Waals surface area contributed by atoms with Crippen molar-refractivity contribution >= 4 is 71.2 Å². The molecule has 3 aromatic rings. The molecule has 95 heavy (non-hydrogen) atoms. The maximum absolute atomic E-state index is 15.4. The first-order chi connectivity index (χ1) is 44.6. The van der Waals surface area contributed by atoms with E-state index in [-0.39, 0.29) is 66.4 Å². The third kappa shape index (κ3) is 16.6. The number of alkyl carbamates (subject to hydrolysis) is 1. The molecule has 516 valence electrons. The third-order valence-electron chi connectivity index (χ3n) is 17.6. The van der Waals surface area contributed by atoms with Crippen LogP contribution < -0.4 is 32.3 Å². The Hall–Kier alpha value is -8.87. The van der Waals surface area contributed by atoms with Crippen LogP contribution in [0.2, 0.25) is 0 Å². The number of carbonyl (C=O) groups excluding carboxylic acids is 11. The number of primary amides is 1. The number of esters is 3. The van der Waals surface area contributed by atoms with Crippen molar-refractivity contribution in [3.8, 4) is 0 Å². The molecule has 0 aromatic heterocycles. The predicted octanol–water partition coefficient (Wildman–Crippen LogP) is 2.59. The first kappa shape index (κ1) is 73.5. The largest absolute Gasteiger partial charge is 0.509 e. The van der Waals surface area contributed by atoms with Gasteiger partial charge in [-0.25, -0.2) is 19.2 Å². The number of carbonyl (C=O) groups is 11. The summed E-state index contributed by atoms with van der Waals surface area (Å²) in [7, 11) is 1.46. The zero-order chi connectivity index (χ0) is 70.1. The number of fused-ring (bicyclic) bond motifs is 5. The highest BCUT2D eigenvalue weighted by Gasteiger charge is 2.78. The average Bonchev–Trinajstić information content (AvgIpc) is 0.671. The molecule has 2 bridgehead atoms. The van der Waals surface area contributed by atoms with Gasteiger partial charge in [-0.05, 0) is 95.0 Å². The minimum atomic E-state index is -2.54. The van der Waals surface area contributed by atoms with E-state index in [0.717, 1.165) is 6.92 Å². The number of amides is 6. The van der Waals surface area contributed by atoms with Gasteiger partial charge in [0, 0.05) is 38.0 Å². The molecule has 3 fully saturated rings. The molecule has 29 heteroatoms. The number of ketones is 1. The summed E-state index contributed by atoms with van der Waals surface area (Å²) in [5, 5.41) is 50.9. The second-order valence-electron chi connectivity index (χ2n) is 25.7. The van der Waals surface area contributed by atoms with E-state index in [0.29, 0.717) is 0 Å². The minimum absolute atomic E-state index is 0.00201. The minimum Gasteiger partial charge on any atom is -0.455 e. The maximum atomic E-state index is 15.4. The monoisotopic (exact) mass is 1330 g/mol. The van der Waals surface area contributed by atoms with E-state index in [1.165, 1.54) is 97.2 Å². The fourth-order valence-corrected chi connectivity index (χ4v) is 12.6. The molecule has 14 atom stereocenters. The van der Waals surface area contributed by atoms with Gasteiger partial charge in [0.15, 0.2) is 11.4 Å². The lowest BCUT2D eigenvalue weighted by molar-refractivity contribution is -0.346. The van der Waals surface area contributed by atoms with Gasteiger partial charge in [0.1, 0.15) is 73.0 Å². The van der Waals surface area contributed by atoms with Gasteiger partial charge in [0.05, 0.1) is 49.2 Å². The molecule has 1 unspecified atom stereocenters. The molecule has 3 aromatic carbocycles. The van der Waals surface area contributed by atoms with Crippen LogP contribution in [0.1, 0.15) is 116 Å². The van der Waals surface area contributed by atoms with Gasteiger partial charge in [0.25, 0.3) is 0 Å². The number of anilines is 1. The summed E-state index contributed by atoms with van der Waals surface area (Å²) in [6.45, 7) is 13.3. The van der Waals surface area contributed by atoms with Gasteiger partial charge in [0.2, 0.25) is 35.6 Å². The molecule has 10 N–H and O–H groups in total. The Bertz CT molecular complexity index is 3400. The first-order valence-electron chi connectivity index (χ1n) is 30.7. The number of rotatable bonds is 25. The Morgan fingerprint density at radius 3 is 2.01 bits per heavy atom. The van der Waals surface area contributed by atoms with Gasteiger partial charge in [-0.2, -0.15) is 0 Å². The Morgan fingerprint density at radius 2 is 1.42 bits per heavy atom. The molecular weight excluding hydrogens is 1240 g/mol. The Balaban J connectivity index is 1.15. The molecule has 4 aliphatic rings. The second-order valence-corrected chi connectivity index (χ2v) is 25.7. The van der Waals surface area contributed by atoms with E-state index in [9.17, 15) is 58.5 Å². The number of hydrogen-bond donors (Lipinski definition) is 9. The lowest BCUT2D eigenvalue weighted by Gasteiger charge is -2.67. The third-order valence-corrected chi connectivity index (χ3v) is 17.6. The van der Waals surface area contributed by atoms with Crippen molar-refractivity contribution in [1.29, 1.82) is 0 Å². The first-order valence-corrected chi connectivity index (χ1v) is 30.7. The van der Waals surface area contributed by atoms with E-state index in [2.05, 4.69) is 26.6 Å². The normalized spacial score (nSPS) is 25.7. The van der Waals surface area contributed by atoms with Crippen LogP contribution in [0.25, 0.3) is 0 Å². The highest BCUT2D eigenvalue weighted by atomic mass is 16.7. The Kier molecular flexibility index (Phi) is 23.4. The second kappa shape index (κ2) is 30.3. The summed E-state index contributed by atoms with van der Waals surface area (Å²) in [5.41, 5.74) is -3.64. The van der Waals surface area contributed by atoms with Crippen LogP contribution in [0.5, 0.6) is 0 Å². The van der Waals surface area contributed by atoms with Crippen LogP contribution in [0.3, 0.4) is 0 Å². The van der Waals surface area contributed by atoms with E-state index in [1.54, 1.807) is 57.2 Å². The van der Waals surface area contributed by atoms with Crippen LogP contribution in [0, 0.1) is 16.7 Å². The predicted molar refractivity (Wildman–Crippen MR) is 331 cm³/mol. The molecule has 2 saturated carbocycles. The summed E-state index contributed by atoms with van der Waals surface area (Å²) in [5.74, 6) is -10.0. The summed E-state index contributed by atoms with van der Waals surface area (Å²) in [6.07, 6.45) is -15.0. The highest BCUT2D eigenvalue weighted by molar-refractivity contribution is 6.01. The van der Waals surface area contributed by atoms with Crippen molar-refractivity contribution in [2.24, 2.45) is 22.5 Å². The molecule has 7 rings (SSSR count). The van der Waals surface area contributed by atoms with Crippen LogP contribution in [-0.2, 0) is 87.6 Å². The van der Waals surface area contributed by atoms with Crippen LogP contribution in [0.4, 0.5) is 15.3 Å². The lowest BCUT2D eigenvalue weighted by atomic mass is 9.44. The fraction of sp³-hybridized carbons (Fsp3) is 0.530. The molecule has 1 aliphatic heterocycles. The SMILES string of the molecule is COCCOCC(=O)N[C@H](C)C(=O)N[C@H](C)C(=O)N[C@H](CC(N)=O)C(=O)Nc1ccc(COC(=O)O[C@@H](C(=O)O[C@H]2C[C@@]3(O)[C@@H](OC(=O)c4ccccc4)[C@H]4[C@](C)(C(=O)[C@H](O)C(=C2C)C3(C)C)[C@@H](O)CC2OC[C@]24OC(C)=O)[C@@H](NC(=O)OC(C)(C)C)c2ccccc2)cc1. The molecule has 1 saturated heterocycles. The van der Waals surface area contributed by atoms with Crippen LogP contribution >= 0.6 is 0 Å². The van der Waals surface area contributed by atoms with Crippen molar-refractivity contribution in [3.63, 3.8) is 0 Å². The molecule has 0 spiro atoms. The summed E-state index contributed by atoms with van der Waals surface area (Å²) in [6, 6.07) is 15.4. The maximum Gasteiger partial charge on any atom is 0.509 e. The van der Waals surface area contributed by atoms with Crippen LogP contribution in [0.15, 0.2) is 96.1 Å². The standard InChI is InChI=1S/C66H84N6O23/c1-34-43(30-66(86)54(93-58(82)40-20-16-13-17-21-40)52-64(10,53(78)50(77)48(34)63(66,8)9)44(74)29-45-65(52,33-90-45)94-37(4)73)91-59(83)51(49(39-18-14-12-15-19-39)72-60(84)95-62(5,6)7)92-61(85)89-31-38-22-24-41(25-23-38)70-57(81)42(28-46(67)75)71-56(80)36(3)69-55(79)35(2)68-47(76)32-88-27-26-87-11/h12-25,35-36,42-45,49-52,54,74,77,86H,26-33H2,1-11H3,(H2,67,75)(H,68,76)(H,69,79)(H,70,81)(H,71,80)(H,72,84)/t35-,36-,42-,43+,44+,45?,49+,50-,51-,52+,54+,64-,65+,66-/m1/s1. The number of aliphatic hydroxyl groups is 3. The van der Waals surface area contributed by atoms with Gasteiger partial charge in [-0.3, -0.25) is 33.6 Å². The highest BCUT2D eigenvalue weighted by Crippen LogP contribution is 2.64. The van der Waals surface area contributed by atoms with Crippen molar-refractivity contribution < 1.29 is 111 Å². The van der Waals surface area contributed by atoms with Gasteiger partial charge in [-0.1, -0.05) is 74.5 Å². The number of nitrogens with two attached hydrogens (primary N) is 1. The van der Waals surface area contributed by atoms with Crippen molar-refractivity contribution in [1.82, 2.24) is 21.3 Å². The molecule has 0 radical (unpaired) electrons. The molecule has 6 amide bonds. The van der Waals surface area contributed by atoms with E-state index in [4.69, 9.17) is 48.4 Å². The number of ether oxygens (including phenoxy) is 9. The van der Waals surface area contributed by atoms with Gasteiger partial charge >= 0.3 is 30.2 Å². The zero-order valence-corrected chi connectivity index (χ0v) is 54.7. The molecular formula is C66H84N6O23. The quantitative estimate of drug-likeness (QED) is 0.0255. The smallest absolute Gasteiger partial charge is 0.455 e. The number of hydrogen-bond acceptors (Lipinski definition) is 23. The number of Topliss-reactive ketones (excluding diaryl/α,β-unsaturated/α-hetero) is 1. The fourth-order valence-electron chi connectivity index (χ4n) is 12.6. The lowest BCUT2D eigenvalue weighted by Crippen LogP contribution is -2.81. The van der Waals surface area contributed by atoms with Crippen molar-refractivity contribution in [2.75, 3.05) is 38.9 Å². The van der Waals surface area contributed by atoms with Crippen molar-refractivity contribution in [3.05, 3.63) is 113 Å². The molecule has 1 heterocycles. The topological polar surface area (TPSA) is 418 Å². The number of aliphatic hydroxyl groups excluding tert-OH is 2. The summed E-state index contributed by atoms with van der Waals surface area (Å²) in [4.78, 5) is 150. The van der Waals surface area contributed by atoms with Crippen LogP contribution in [-0.4, -0.2) is 186 Å². The Morgan fingerprint density at radius 1 is 0.800 bits per heavy atom. The van der Waals surface area contributed by atoms with Gasteiger partial charge < -0.3 is 90.3 Å². The average molecular weight is 1330 g/mol. The number of benzene rings is 3.